The van der Waals surface area contributed by atoms with Gasteiger partial charge in [0.2, 0.25) is 0 Å². The minimum absolute atomic E-state index is 0.0206. The second-order valence-electron chi connectivity index (χ2n) is 9.69. The number of hydrogen-bond donors (Lipinski definition) is 0. The van der Waals surface area contributed by atoms with Gasteiger partial charge in [-0.25, -0.2) is 0 Å². The second-order valence-corrected chi connectivity index (χ2v) is 11.7. The van der Waals surface area contributed by atoms with Crippen molar-refractivity contribution in [1.29, 1.82) is 0 Å². The summed E-state index contributed by atoms with van der Waals surface area (Å²) in [6.45, 7) is 9.12. The average molecular weight is 485 g/mol. The van der Waals surface area contributed by atoms with Crippen molar-refractivity contribution in [1.82, 2.24) is 0 Å². The highest BCUT2D eigenvalue weighted by molar-refractivity contribution is 7.53. The number of benzene rings is 2. The first-order chi connectivity index (χ1) is 16.5. The SMILES string of the molecule is CCCCCCC1(CCCCCC)c2ccccc2-c2cccc(CP(=O)(OCC)OCC)c21. The van der Waals surface area contributed by atoms with Gasteiger partial charge < -0.3 is 9.05 Å². The van der Waals surface area contributed by atoms with E-state index in [1.807, 2.05) is 13.8 Å². The molecule has 0 heterocycles. The standard InChI is InChI=1S/C30H45O3P/c1-5-9-11-15-22-30(23-16-12-10-6-2)28-21-14-13-19-26(28)27-20-17-18-25(29(27)30)24-34(31,32-7-3)33-8-4/h13-14,17-21H,5-12,15-16,22-24H2,1-4H3. The average Bonchev–Trinajstić information content (AvgIpc) is 3.11. The zero-order valence-corrected chi connectivity index (χ0v) is 22.8. The van der Waals surface area contributed by atoms with Crippen LogP contribution in [0.1, 0.15) is 109 Å². The molecule has 0 saturated carbocycles. The monoisotopic (exact) mass is 484 g/mol. The molecule has 188 valence electrons. The van der Waals surface area contributed by atoms with E-state index >= 15 is 0 Å². The fourth-order valence-electron chi connectivity index (χ4n) is 5.87. The van der Waals surface area contributed by atoms with Gasteiger partial charge in [-0.2, -0.15) is 0 Å². The van der Waals surface area contributed by atoms with Gasteiger partial charge in [0, 0.05) is 5.41 Å². The second kappa shape index (κ2) is 13.1. The summed E-state index contributed by atoms with van der Waals surface area (Å²) < 4.78 is 25.1. The molecule has 2 aromatic carbocycles. The van der Waals surface area contributed by atoms with E-state index in [4.69, 9.17) is 9.05 Å². The number of rotatable bonds is 16. The quantitative estimate of drug-likeness (QED) is 0.176. The molecule has 0 aromatic heterocycles. The molecule has 0 radical (unpaired) electrons. The maximum atomic E-state index is 13.6. The van der Waals surface area contributed by atoms with E-state index < -0.39 is 7.60 Å². The summed E-state index contributed by atoms with van der Waals surface area (Å²) in [5, 5.41) is 0. The molecule has 0 fully saturated rings. The topological polar surface area (TPSA) is 35.5 Å². The van der Waals surface area contributed by atoms with E-state index in [1.165, 1.54) is 73.6 Å². The van der Waals surface area contributed by atoms with Crippen molar-refractivity contribution in [2.45, 2.75) is 103 Å². The van der Waals surface area contributed by atoms with Gasteiger partial charge >= 0.3 is 7.60 Å². The molecule has 0 saturated heterocycles. The summed E-state index contributed by atoms with van der Waals surface area (Å²) in [4.78, 5) is 0. The van der Waals surface area contributed by atoms with Crippen molar-refractivity contribution in [2.24, 2.45) is 0 Å². The molecule has 0 aliphatic heterocycles. The van der Waals surface area contributed by atoms with Gasteiger partial charge in [0.25, 0.3) is 0 Å². The highest BCUT2D eigenvalue weighted by atomic mass is 31.2. The fraction of sp³-hybridized carbons (Fsp3) is 0.600. The van der Waals surface area contributed by atoms with Crippen LogP contribution in [0, 0.1) is 0 Å². The molecule has 1 aliphatic rings. The molecule has 4 heteroatoms. The van der Waals surface area contributed by atoms with Gasteiger partial charge in [0.15, 0.2) is 0 Å². The van der Waals surface area contributed by atoms with Crippen LogP contribution in [0.25, 0.3) is 11.1 Å². The van der Waals surface area contributed by atoms with Crippen LogP contribution in [0.15, 0.2) is 42.5 Å². The van der Waals surface area contributed by atoms with Crippen LogP contribution < -0.4 is 0 Å². The Morgan fingerprint density at radius 1 is 0.706 bits per heavy atom. The predicted octanol–water partition coefficient (Wildman–Crippen LogP) is 9.66. The summed E-state index contributed by atoms with van der Waals surface area (Å²) >= 11 is 0. The van der Waals surface area contributed by atoms with Gasteiger partial charge in [0.05, 0.1) is 19.4 Å². The molecule has 2 aromatic rings. The third kappa shape index (κ3) is 6.04. The van der Waals surface area contributed by atoms with E-state index in [-0.39, 0.29) is 5.41 Å². The van der Waals surface area contributed by atoms with Crippen LogP contribution >= 0.6 is 7.60 Å². The van der Waals surface area contributed by atoms with Crippen molar-refractivity contribution >= 4 is 7.60 Å². The molecule has 3 nitrogen and oxygen atoms in total. The molecular formula is C30H45O3P. The zero-order valence-electron chi connectivity index (χ0n) is 21.9. The van der Waals surface area contributed by atoms with Gasteiger partial charge in [0.1, 0.15) is 0 Å². The summed E-state index contributed by atoms with van der Waals surface area (Å²) in [6.07, 6.45) is 12.7. The molecular weight excluding hydrogens is 439 g/mol. The van der Waals surface area contributed by atoms with Crippen molar-refractivity contribution in [3.63, 3.8) is 0 Å². The predicted molar refractivity (Wildman–Crippen MR) is 145 cm³/mol. The largest absolute Gasteiger partial charge is 0.335 e. The Kier molecular flexibility index (Phi) is 10.4. The molecule has 0 bridgehead atoms. The number of unbranched alkanes of at least 4 members (excludes halogenated alkanes) is 6. The lowest BCUT2D eigenvalue weighted by molar-refractivity contribution is 0.219. The summed E-state index contributed by atoms with van der Waals surface area (Å²) in [7, 11) is -3.20. The van der Waals surface area contributed by atoms with Crippen LogP contribution in [0.4, 0.5) is 0 Å². The number of hydrogen-bond acceptors (Lipinski definition) is 3. The van der Waals surface area contributed by atoms with Crippen LogP contribution in [0.3, 0.4) is 0 Å². The summed E-state index contributed by atoms with van der Waals surface area (Å²) in [5.41, 5.74) is 6.65. The van der Waals surface area contributed by atoms with Crippen LogP contribution in [0.2, 0.25) is 0 Å². The third-order valence-electron chi connectivity index (χ3n) is 7.29. The Hall–Kier alpha value is -1.41. The van der Waals surface area contributed by atoms with Crippen molar-refractivity contribution < 1.29 is 13.6 Å². The minimum atomic E-state index is -3.20. The molecule has 34 heavy (non-hydrogen) atoms. The first-order valence-corrected chi connectivity index (χ1v) is 15.4. The van der Waals surface area contributed by atoms with Crippen LogP contribution in [-0.4, -0.2) is 13.2 Å². The van der Waals surface area contributed by atoms with Crippen molar-refractivity contribution in [3.8, 4) is 11.1 Å². The molecule has 0 amide bonds. The first kappa shape index (κ1) is 27.2. The molecule has 0 unspecified atom stereocenters. The lowest BCUT2D eigenvalue weighted by Crippen LogP contribution is -2.27. The first-order valence-electron chi connectivity index (χ1n) is 13.7. The smallest absolute Gasteiger partial charge is 0.309 e. The lowest BCUT2D eigenvalue weighted by atomic mass is 9.69. The Bertz CT molecular complexity index is 930. The maximum absolute atomic E-state index is 13.6. The van der Waals surface area contributed by atoms with Crippen molar-refractivity contribution in [3.05, 3.63) is 59.2 Å². The minimum Gasteiger partial charge on any atom is -0.309 e. The molecule has 3 rings (SSSR count). The van der Waals surface area contributed by atoms with E-state index in [1.54, 1.807) is 0 Å². The Labute approximate surface area is 208 Å². The van der Waals surface area contributed by atoms with Crippen LogP contribution in [0.5, 0.6) is 0 Å². The molecule has 1 aliphatic carbocycles. The highest BCUT2D eigenvalue weighted by Gasteiger charge is 2.44. The Morgan fingerprint density at radius 3 is 1.88 bits per heavy atom. The zero-order chi connectivity index (χ0) is 24.4. The van der Waals surface area contributed by atoms with Crippen LogP contribution in [-0.2, 0) is 25.2 Å². The maximum Gasteiger partial charge on any atom is 0.335 e. The molecule has 0 N–H and O–H groups in total. The molecule has 0 atom stereocenters. The summed E-state index contributed by atoms with van der Waals surface area (Å²) in [5.74, 6) is 0. The Balaban J connectivity index is 2.10. The number of fused-ring (bicyclic) bond motifs is 3. The van der Waals surface area contributed by atoms with Gasteiger partial charge in [-0.3, -0.25) is 4.57 Å². The fourth-order valence-corrected chi connectivity index (χ4v) is 7.60. The van der Waals surface area contributed by atoms with Gasteiger partial charge in [-0.1, -0.05) is 108 Å². The highest BCUT2D eigenvalue weighted by Crippen LogP contribution is 2.59. The third-order valence-corrected chi connectivity index (χ3v) is 9.32. The molecule has 0 spiro atoms. The van der Waals surface area contributed by atoms with Gasteiger partial charge in [-0.15, -0.1) is 0 Å². The summed E-state index contributed by atoms with van der Waals surface area (Å²) in [6, 6.07) is 15.5. The van der Waals surface area contributed by atoms with E-state index in [2.05, 4.69) is 56.3 Å². The lowest BCUT2D eigenvalue weighted by Gasteiger charge is -2.35. The van der Waals surface area contributed by atoms with Gasteiger partial charge in [-0.05, 0) is 54.5 Å². The Morgan fingerprint density at radius 2 is 1.29 bits per heavy atom. The van der Waals surface area contributed by atoms with E-state index in [0.29, 0.717) is 19.4 Å². The van der Waals surface area contributed by atoms with E-state index in [0.717, 1.165) is 18.4 Å². The normalized spacial score (nSPS) is 14.2. The van der Waals surface area contributed by atoms with Crippen molar-refractivity contribution in [2.75, 3.05) is 13.2 Å². The van der Waals surface area contributed by atoms with E-state index in [9.17, 15) is 4.57 Å².